The van der Waals surface area contributed by atoms with Crippen molar-refractivity contribution in [2.45, 2.75) is 39.2 Å². The van der Waals surface area contributed by atoms with Gasteiger partial charge >= 0.3 is 0 Å². The summed E-state index contributed by atoms with van der Waals surface area (Å²) < 4.78 is 2.84. The zero-order valence-corrected chi connectivity index (χ0v) is 16.8. The van der Waals surface area contributed by atoms with E-state index in [1.807, 2.05) is 43.0 Å². The molecule has 2 amide bonds. The number of likely N-dealkylation sites (tertiary alicyclic amines) is 1. The second-order valence-corrected chi connectivity index (χ2v) is 8.26. The predicted octanol–water partition coefficient (Wildman–Crippen LogP) is 2.61. The van der Waals surface area contributed by atoms with Gasteiger partial charge in [0, 0.05) is 30.1 Å². The molecule has 0 bridgehead atoms. The van der Waals surface area contributed by atoms with Crippen LogP contribution in [0.2, 0.25) is 0 Å². The SMILES string of the molecule is Cc1nc(C)n(CCC(=O)N2CC[C@@H](c3c(C(N)=O)sc4ccccc34)C2)n1. The molecule has 1 fully saturated rings. The van der Waals surface area contributed by atoms with Crippen LogP contribution in [0.3, 0.4) is 0 Å². The van der Waals surface area contributed by atoms with Crippen molar-refractivity contribution in [1.82, 2.24) is 19.7 Å². The van der Waals surface area contributed by atoms with Crippen molar-refractivity contribution in [2.24, 2.45) is 5.73 Å². The monoisotopic (exact) mass is 397 g/mol. The molecule has 1 saturated heterocycles. The van der Waals surface area contributed by atoms with Crippen LogP contribution in [0.4, 0.5) is 0 Å². The Kier molecular flexibility index (Phi) is 4.89. The van der Waals surface area contributed by atoms with Crippen LogP contribution in [-0.2, 0) is 11.3 Å². The smallest absolute Gasteiger partial charge is 0.259 e. The summed E-state index contributed by atoms with van der Waals surface area (Å²) in [7, 11) is 0. The number of hydrogen-bond donors (Lipinski definition) is 1. The van der Waals surface area contributed by atoms with Crippen LogP contribution < -0.4 is 5.73 Å². The van der Waals surface area contributed by atoms with Gasteiger partial charge in [-0.1, -0.05) is 18.2 Å². The Morgan fingerprint density at radius 2 is 2.07 bits per heavy atom. The normalized spacial score (nSPS) is 16.8. The van der Waals surface area contributed by atoms with Crippen molar-refractivity contribution in [1.29, 1.82) is 0 Å². The lowest BCUT2D eigenvalue weighted by atomic mass is 9.95. The molecule has 0 unspecified atom stereocenters. The highest BCUT2D eigenvalue weighted by atomic mass is 32.1. The zero-order valence-electron chi connectivity index (χ0n) is 16.0. The summed E-state index contributed by atoms with van der Waals surface area (Å²) in [5, 5.41) is 5.39. The molecule has 2 aromatic heterocycles. The van der Waals surface area contributed by atoms with Crippen molar-refractivity contribution < 1.29 is 9.59 Å². The fourth-order valence-corrected chi connectivity index (χ4v) is 5.15. The van der Waals surface area contributed by atoms with Gasteiger partial charge in [0.2, 0.25) is 5.91 Å². The fraction of sp³-hybridized carbons (Fsp3) is 0.400. The highest BCUT2D eigenvalue weighted by molar-refractivity contribution is 7.21. The molecule has 146 valence electrons. The van der Waals surface area contributed by atoms with E-state index in [0.29, 0.717) is 30.9 Å². The summed E-state index contributed by atoms with van der Waals surface area (Å²) in [5.74, 6) is 1.39. The Balaban J connectivity index is 1.49. The molecular weight excluding hydrogens is 374 g/mol. The van der Waals surface area contributed by atoms with Gasteiger partial charge in [0.15, 0.2) is 0 Å². The second-order valence-electron chi connectivity index (χ2n) is 7.21. The number of fused-ring (bicyclic) bond motifs is 1. The lowest BCUT2D eigenvalue weighted by Crippen LogP contribution is -2.29. The van der Waals surface area contributed by atoms with Crippen LogP contribution in [0.25, 0.3) is 10.1 Å². The van der Waals surface area contributed by atoms with Gasteiger partial charge in [0.25, 0.3) is 5.91 Å². The van der Waals surface area contributed by atoms with E-state index in [0.717, 1.165) is 33.7 Å². The molecule has 1 aliphatic heterocycles. The number of aryl methyl sites for hydroxylation is 3. The van der Waals surface area contributed by atoms with Gasteiger partial charge in [-0.15, -0.1) is 11.3 Å². The van der Waals surface area contributed by atoms with Gasteiger partial charge in [0.05, 0.1) is 11.4 Å². The van der Waals surface area contributed by atoms with Crippen LogP contribution in [0.5, 0.6) is 0 Å². The van der Waals surface area contributed by atoms with E-state index in [1.54, 1.807) is 4.68 Å². The van der Waals surface area contributed by atoms with Crippen molar-refractivity contribution in [3.63, 3.8) is 0 Å². The summed E-state index contributed by atoms with van der Waals surface area (Å²) >= 11 is 1.44. The molecule has 1 atom stereocenters. The van der Waals surface area contributed by atoms with Gasteiger partial charge < -0.3 is 10.6 Å². The number of thiophene rings is 1. The molecule has 3 heterocycles. The van der Waals surface area contributed by atoms with Crippen LogP contribution in [0.15, 0.2) is 24.3 Å². The van der Waals surface area contributed by atoms with Crippen LogP contribution >= 0.6 is 11.3 Å². The molecular formula is C20H23N5O2S. The molecule has 0 saturated carbocycles. The van der Waals surface area contributed by atoms with Gasteiger partial charge in [-0.2, -0.15) is 5.10 Å². The van der Waals surface area contributed by atoms with E-state index < -0.39 is 5.91 Å². The average Bonchev–Trinajstić information content (AvgIpc) is 3.35. The molecule has 1 aromatic carbocycles. The van der Waals surface area contributed by atoms with E-state index >= 15 is 0 Å². The maximum Gasteiger partial charge on any atom is 0.259 e. The Hall–Kier alpha value is -2.74. The lowest BCUT2D eigenvalue weighted by Gasteiger charge is -2.17. The van der Waals surface area contributed by atoms with Gasteiger partial charge in [-0.05, 0) is 37.3 Å². The number of aromatic nitrogens is 3. The Morgan fingerprint density at radius 1 is 1.29 bits per heavy atom. The Labute approximate surface area is 167 Å². The minimum Gasteiger partial charge on any atom is -0.365 e. The summed E-state index contributed by atoms with van der Waals surface area (Å²) in [6, 6.07) is 7.99. The van der Waals surface area contributed by atoms with Crippen molar-refractivity contribution in [3.8, 4) is 0 Å². The van der Waals surface area contributed by atoms with Crippen molar-refractivity contribution >= 4 is 33.2 Å². The number of nitrogens with zero attached hydrogens (tertiary/aromatic N) is 4. The first kappa shape index (κ1) is 18.6. The van der Waals surface area contributed by atoms with E-state index in [1.165, 1.54) is 11.3 Å². The van der Waals surface area contributed by atoms with E-state index in [-0.39, 0.29) is 11.8 Å². The molecule has 1 aliphatic rings. The standard InChI is InChI=1S/C20H23N5O2S/c1-12-22-13(2)25(23-12)10-8-17(26)24-9-7-14(11-24)18-15-5-3-4-6-16(15)28-19(18)20(21)27/h3-6,14H,7-11H2,1-2H3,(H2,21,27)/t14-/m1/s1. The third-order valence-corrected chi connectivity index (χ3v) is 6.51. The first-order chi connectivity index (χ1) is 13.4. The van der Waals surface area contributed by atoms with Gasteiger partial charge in [-0.25, -0.2) is 9.67 Å². The molecule has 0 aliphatic carbocycles. The number of amides is 2. The Bertz CT molecular complexity index is 1050. The van der Waals surface area contributed by atoms with E-state index in [2.05, 4.69) is 10.1 Å². The number of nitrogens with two attached hydrogens (primary N) is 1. The minimum atomic E-state index is -0.391. The van der Waals surface area contributed by atoms with Crippen molar-refractivity contribution in [3.05, 3.63) is 46.4 Å². The number of hydrogen-bond acceptors (Lipinski definition) is 5. The summed E-state index contributed by atoms with van der Waals surface area (Å²) in [4.78, 5) is 31.5. The van der Waals surface area contributed by atoms with E-state index in [4.69, 9.17) is 5.73 Å². The predicted molar refractivity (Wildman–Crippen MR) is 108 cm³/mol. The average molecular weight is 398 g/mol. The molecule has 7 nitrogen and oxygen atoms in total. The third-order valence-electron chi connectivity index (χ3n) is 5.31. The summed E-state index contributed by atoms with van der Waals surface area (Å²) in [6.45, 7) is 5.58. The number of primary amides is 1. The van der Waals surface area contributed by atoms with Crippen molar-refractivity contribution in [2.75, 3.05) is 13.1 Å². The summed E-state index contributed by atoms with van der Waals surface area (Å²) in [5.41, 5.74) is 6.65. The van der Waals surface area contributed by atoms with Crippen LogP contribution in [0, 0.1) is 13.8 Å². The molecule has 28 heavy (non-hydrogen) atoms. The maximum atomic E-state index is 12.7. The molecule has 4 rings (SSSR count). The van der Waals surface area contributed by atoms with Gasteiger partial charge in [0.1, 0.15) is 11.6 Å². The number of carbonyl (C=O) groups is 2. The molecule has 2 N–H and O–H groups in total. The molecule has 3 aromatic rings. The minimum absolute atomic E-state index is 0.107. The first-order valence-electron chi connectivity index (χ1n) is 9.41. The second kappa shape index (κ2) is 7.35. The highest BCUT2D eigenvalue weighted by Crippen LogP contribution is 2.40. The maximum absolute atomic E-state index is 12.7. The van der Waals surface area contributed by atoms with Crippen LogP contribution in [-0.4, -0.2) is 44.6 Å². The quantitative estimate of drug-likeness (QED) is 0.716. The largest absolute Gasteiger partial charge is 0.365 e. The number of benzene rings is 1. The Morgan fingerprint density at radius 3 is 2.79 bits per heavy atom. The lowest BCUT2D eigenvalue weighted by molar-refractivity contribution is -0.130. The fourth-order valence-electron chi connectivity index (χ4n) is 4.01. The first-order valence-corrected chi connectivity index (χ1v) is 10.2. The highest BCUT2D eigenvalue weighted by Gasteiger charge is 2.32. The molecule has 8 heteroatoms. The number of carbonyl (C=O) groups excluding carboxylic acids is 2. The molecule has 0 spiro atoms. The van der Waals surface area contributed by atoms with Gasteiger partial charge in [-0.3, -0.25) is 9.59 Å². The third kappa shape index (κ3) is 3.40. The molecule has 0 radical (unpaired) electrons. The summed E-state index contributed by atoms with van der Waals surface area (Å²) in [6.07, 6.45) is 1.23. The zero-order chi connectivity index (χ0) is 19.8. The van der Waals surface area contributed by atoms with Crippen LogP contribution in [0.1, 0.15) is 45.6 Å². The topological polar surface area (TPSA) is 94.1 Å². The number of rotatable bonds is 5. The van der Waals surface area contributed by atoms with E-state index in [9.17, 15) is 9.59 Å².